The highest BCUT2D eigenvalue weighted by Gasteiger charge is 2.05. The zero-order valence-electron chi connectivity index (χ0n) is 14.9. The molecule has 0 fully saturated rings. The fraction of sp³-hybridized carbons (Fsp3) is 0.571. The highest BCUT2D eigenvalue weighted by molar-refractivity contribution is 5.73. The lowest BCUT2D eigenvalue weighted by atomic mass is 10.1. The van der Waals surface area contributed by atoms with Gasteiger partial charge in [-0.05, 0) is 31.0 Å². The summed E-state index contributed by atoms with van der Waals surface area (Å²) in [5, 5.41) is 0. The zero-order chi connectivity index (χ0) is 16.9. The van der Waals surface area contributed by atoms with Crippen molar-refractivity contribution in [1.82, 2.24) is 0 Å². The number of rotatable bonds is 12. The van der Waals surface area contributed by atoms with Crippen LogP contribution >= 0.6 is 0 Å². The van der Waals surface area contributed by atoms with Crippen LogP contribution in [-0.4, -0.2) is 5.97 Å². The monoisotopic (exact) mass is 316 g/mol. The van der Waals surface area contributed by atoms with E-state index < -0.39 is 0 Å². The maximum Gasteiger partial charge on any atom is 0.311 e. The van der Waals surface area contributed by atoms with Crippen molar-refractivity contribution in [3.8, 4) is 5.75 Å². The van der Waals surface area contributed by atoms with Crippen molar-refractivity contribution in [2.75, 3.05) is 0 Å². The number of benzene rings is 1. The summed E-state index contributed by atoms with van der Waals surface area (Å²) in [7, 11) is 0. The van der Waals surface area contributed by atoms with E-state index in [0.29, 0.717) is 12.2 Å². The Kier molecular flexibility index (Phi) is 10.1. The highest BCUT2D eigenvalue weighted by Crippen LogP contribution is 2.19. The van der Waals surface area contributed by atoms with E-state index >= 15 is 0 Å². The van der Waals surface area contributed by atoms with Gasteiger partial charge in [-0.2, -0.15) is 0 Å². The number of unbranched alkanes of at least 4 members (excludes halogenated alkanes) is 8. The van der Waals surface area contributed by atoms with Crippen molar-refractivity contribution in [2.45, 2.75) is 78.1 Å². The van der Waals surface area contributed by atoms with Crippen LogP contribution in [0.4, 0.5) is 0 Å². The summed E-state index contributed by atoms with van der Waals surface area (Å²) in [6.07, 6.45) is 11.8. The largest absolute Gasteiger partial charge is 0.427 e. The van der Waals surface area contributed by atoms with Crippen molar-refractivity contribution >= 4 is 11.5 Å². The number of ether oxygens (including phenoxy) is 1. The van der Waals surface area contributed by atoms with E-state index in [-0.39, 0.29) is 5.97 Å². The first-order valence-corrected chi connectivity index (χ1v) is 9.10. The van der Waals surface area contributed by atoms with Crippen LogP contribution < -0.4 is 4.74 Å². The molecule has 0 radical (unpaired) electrons. The lowest BCUT2D eigenvalue weighted by Gasteiger charge is -2.06. The van der Waals surface area contributed by atoms with Gasteiger partial charge in [-0.25, -0.2) is 0 Å². The standard InChI is InChI=1S/C21H32O2/c1-4-5-6-7-8-9-10-11-12-16-21(22)23-20-15-13-14-19(17-20)18(2)3/h13-15,17H,2,4-12,16H2,1,3H3. The quantitative estimate of drug-likeness (QED) is 0.248. The van der Waals surface area contributed by atoms with Crippen LogP contribution in [0.5, 0.6) is 5.75 Å². The molecular formula is C21H32O2. The van der Waals surface area contributed by atoms with Gasteiger partial charge in [0, 0.05) is 6.42 Å². The molecule has 0 spiro atoms. The molecule has 0 saturated carbocycles. The molecule has 2 heteroatoms. The van der Waals surface area contributed by atoms with E-state index in [9.17, 15) is 4.79 Å². The molecule has 0 aliphatic carbocycles. The van der Waals surface area contributed by atoms with Crippen molar-refractivity contribution < 1.29 is 9.53 Å². The summed E-state index contributed by atoms with van der Waals surface area (Å²) in [5.74, 6) is 0.484. The number of esters is 1. The minimum Gasteiger partial charge on any atom is -0.427 e. The normalized spacial score (nSPS) is 10.5. The molecule has 0 amide bonds. The Bertz CT molecular complexity index is 476. The molecular weight excluding hydrogens is 284 g/mol. The molecule has 1 rings (SSSR count). The molecule has 0 N–H and O–H groups in total. The summed E-state index contributed by atoms with van der Waals surface area (Å²) in [6, 6.07) is 7.56. The topological polar surface area (TPSA) is 26.3 Å². The van der Waals surface area contributed by atoms with Crippen LogP contribution in [0.3, 0.4) is 0 Å². The Hall–Kier alpha value is -1.57. The van der Waals surface area contributed by atoms with Gasteiger partial charge in [0.15, 0.2) is 0 Å². The van der Waals surface area contributed by atoms with Crippen molar-refractivity contribution in [3.05, 3.63) is 36.4 Å². The average Bonchev–Trinajstić information content (AvgIpc) is 2.53. The number of carbonyl (C=O) groups is 1. The van der Waals surface area contributed by atoms with Gasteiger partial charge in [0.25, 0.3) is 0 Å². The number of allylic oxidation sites excluding steroid dienone is 1. The van der Waals surface area contributed by atoms with Crippen molar-refractivity contribution in [3.63, 3.8) is 0 Å². The van der Waals surface area contributed by atoms with Crippen molar-refractivity contribution in [2.24, 2.45) is 0 Å². The molecule has 0 aromatic heterocycles. The molecule has 2 nitrogen and oxygen atoms in total. The van der Waals surface area contributed by atoms with Crippen molar-refractivity contribution in [1.29, 1.82) is 0 Å². The molecule has 128 valence electrons. The molecule has 23 heavy (non-hydrogen) atoms. The first kappa shape index (κ1) is 19.5. The van der Waals surface area contributed by atoms with Gasteiger partial charge in [-0.1, -0.05) is 82.6 Å². The summed E-state index contributed by atoms with van der Waals surface area (Å²) in [4.78, 5) is 11.9. The third-order valence-electron chi connectivity index (χ3n) is 4.04. The second kappa shape index (κ2) is 11.9. The van der Waals surface area contributed by atoms with Gasteiger partial charge in [0.2, 0.25) is 0 Å². The summed E-state index contributed by atoms with van der Waals surface area (Å²) >= 11 is 0. The minimum atomic E-state index is -0.133. The van der Waals surface area contributed by atoms with Crippen LogP contribution in [0.25, 0.3) is 5.57 Å². The molecule has 1 aromatic carbocycles. The Morgan fingerprint density at radius 1 is 1.00 bits per heavy atom. The summed E-state index contributed by atoms with van der Waals surface area (Å²) in [6.45, 7) is 8.10. The maximum atomic E-state index is 11.9. The molecule has 0 bridgehead atoms. The van der Waals surface area contributed by atoms with Gasteiger partial charge in [-0.15, -0.1) is 0 Å². The SMILES string of the molecule is C=C(C)c1cccc(OC(=O)CCCCCCCCCCC)c1. The van der Waals surface area contributed by atoms with E-state index in [2.05, 4.69) is 13.5 Å². The first-order chi connectivity index (χ1) is 11.1. The van der Waals surface area contributed by atoms with Crippen LogP contribution in [0, 0.1) is 0 Å². The van der Waals surface area contributed by atoms with Gasteiger partial charge in [-0.3, -0.25) is 4.79 Å². The van der Waals surface area contributed by atoms with Crippen LogP contribution in [0.1, 0.15) is 83.6 Å². The molecule has 0 unspecified atom stereocenters. The predicted molar refractivity (Wildman–Crippen MR) is 98.6 cm³/mol. The molecule has 1 aromatic rings. The molecule has 0 saturated heterocycles. The van der Waals surface area contributed by atoms with Crippen LogP contribution in [-0.2, 0) is 4.79 Å². The fourth-order valence-electron chi connectivity index (χ4n) is 2.59. The molecule has 0 aliphatic rings. The second-order valence-corrected chi connectivity index (χ2v) is 6.36. The van der Waals surface area contributed by atoms with E-state index in [1.807, 2.05) is 31.2 Å². The zero-order valence-corrected chi connectivity index (χ0v) is 14.9. The first-order valence-electron chi connectivity index (χ1n) is 9.10. The Labute approximate surface area is 141 Å². The van der Waals surface area contributed by atoms with E-state index in [1.165, 1.54) is 44.9 Å². The Balaban J connectivity index is 2.11. The number of carbonyl (C=O) groups excluding carboxylic acids is 1. The van der Waals surface area contributed by atoms with Crippen LogP contribution in [0.15, 0.2) is 30.8 Å². The summed E-state index contributed by atoms with van der Waals surface area (Å²) in [5.41, 5.74) is 1.99. The molecule has 0 aliphatic heterocycles. The van der Waals surface area contributed by atoms with Gasteiger partial charge in [0.1, 0.15) is 5.75 Å². The van der Waals surface area contributed by atoms with Gasteiger partial charge >= 0.3 is 5.97 Å². The lowest BCUT2D eigenvalue weighted by molar-refractivity contribution is -0.134. The molecule has 0 atom stereocenters. The van der Waals surface area contributed by atoms with E-state index in [4.69, 9.17) is 4.74 Å². The fourth-order valence-corrected chi connectivity index (χ4v) is 2.59. The highest BCUT2D eigenvalue weighted by atomic mass is 16.5. The second-order valence-electron chi connectivity index (χ2n) is 6.36. The van der Waals surface area contributed by atoms with Crippen LogP contribution in [0.2, 0.25) is 0 Å². The van der Waals surface area contributed by atoms with E-state index in [1.54, 1.807) is 0 Å². The third-order valence-corrected chi connectivity index (χ3v) is 4.04. The lowest BCUT2D eigenvalue weighted by Crippen LogP contribution is -2.07. The van der Waals surface area contributed by atoms with E-state index in [0.717, 1.165) is 24.0 Å². The third kappa shape index (κ3) is 9.22. The Morgan fingerprint density at radius 2 is 1.61 bits per heavy atom. The average molecular weight is 316 g/mol. The van der Waals surface area contributed by atoms with Gasteiger partial charge < -0.3 is 4.74 Å². The number of hydrogen-bond acceptors (Lipinski definition) is 2. The Morgan fingerprint density at radius 3 is 2.22 bits per heavy atom. The predicted octanol–water partition coefficient (Wildman–Crippen LogP) is 6.55. The minimum absolute atomic E-state index is 0.133. The van der Waals surface area contributed by atoms with Gasteiger partial charge in [0.05, 0.1) is 0 Å². The smallest absolute Gasteiger partial charge is 0.311 e. The molecule has 0 heterocycles. The summed E-state index contributed by atoms with van der Waals surface area (Å²) < 4.78 is 5.40. The number of hydrogen-bond donors (Lipinski definition) is 0. The maximum absolute atomic E-state index is 11.9.